The first kappa shape index (κ1) is 11.6. The van der Waals surface area contributed by atoms with E-state index in [1.807, 2.05) is 0 Å². The zero-order valence-electron chi connectivity index (χ0n) is 9.95. The van der Waals surface area contributed by atoms with Gasteiger partial charge in [0.05, 0.1) is 6.61 Å². The Balaban J connectivity index is 2.10. The van der Waals surface area contributed by atoms with Crippen LogP contribution in [0.1, 0.15) is 43.2 Å². The van der Waals surface area contributed by atoms with Crippen molar-refractivity contribution in [2.75, 3.05) is 13.2 Å². The number of aliphatic hydroxyl groups excluding tert-OH is 1. The minimum absolute atomic E-state index is 0.0929. The lowest BCUT2D eigenvalue weighted by Gasteiger charge is -2.15. The van der Waals surface area contributed by atoms with Gasteiger partial charge in [-0.15, -0.1) is 0 Å². The van der Waals surface area contributed by atoms with Crippen molar-refractivity contribution < 1.29 is 5.11 Å². The van der Waals surface area contributed by atoms with Gasteiger partial charge in [0.15, 0.2) is 0 Å². The summed E-state index contributed by atoms with van der Waals surface area (Å²) in [6, 6.07) is 8.72. The molecule has 2 heteroatoms. The zero-order chi connectivity index (χ0) is 11.6. The van der Waals surface area contributed by atoms with Crippen molar-refractivity contribution in [1.29, 1.82) is 0 Å². The molecule has 1 aliphatic rings. The molecule has 1 aromatic carbocycles. The van der Waals surface area contributed by atoms with E-state index in [2.05, 4.69) is 31.2 Å². The summed E-state index contributed by atoms with van der Waals surface area (Å²) in [5.41, 5.74) is 8.30. The number of benzene rings is 1. The van der Waals surface area contributed by atoms with E-state index in [1.54, 1.807) is 0 Å². The molecule has 2 nitrogen and oxygen atoms in total. The fraction of sp³-hybridized carbons (Fsp3) is 0.571. The Hall–Kier alpha value is -0.860. The van der Waals surface area contributed by atoms with Gasteiger partial charge in [-0.3, -0.25) is 0 Å². The first-order chi connectivity index (χ1) is 7.72. The Morgan fingerprint density at radius 1 is 1.31 bits per heavy atom. The van der Waals surface area contributed by atoms with Crippen LogP contribution >= 0.6 is 0 Å². The normalized spacial score (nSPS) is 19.4. The average molecular weight is 219 g/mol. The third-order valence-corrected chi connectivity index (χ3v) is 3.85. The standard InChI is InChI=1S/C14H21NO/c1-11(6-9-15)12-2-4-13(5-3-12)14(10-16)7-8-14/h2-5,11,16H,6-10,15H2,1H3. The molecule has 1 aromatic rings. The number of hydrogen-bond acceptors (Lipinski definition) is 2. The average Bonchev–Trinajstić information content (AvgIpc) is 3.10. The van der Waals surface area contributed by atoms with Crippen LogP contribution in [-0.4, -0.2) is 18.3 Å². The number of hydrogen-bond donors (Lipinski definition) is 2. The monoisotopic (exact) mass is 219 g/mol. The lowest BCUT2D eigenvalue weighted by atomic mass is 9.92. The molecule has 0 bridgehead atoms. The van der Waals surface area contributed by atoms with Crippen molar-refractivity contribution in [2.24, 2.45) is 5.73 Å². The van der Waals surface area contributed by atoms with Crippen molar-refractivity contribution in [2.45, 2.75) is 37.5 Å². The molecule has 1 aliphatic carbocycles. The summed E-state index contributed by atoms with van der Waals surface area (Å²) in [7, 11) is 0. The molecule has 0 saturated heterocycles. The lowest BCUT2D eigenvalue weighted by Crippen LogP contribution is -2.12. The topological polar surface area (TPSA) is 46.2 Å². The Kier molecular flexibility index (Phi) is 3.31. The van der Waals surface area contributed by atoms with E-state index >= 15 is 0 Å². The second kappa shape index (κ2) is 4.56. The third-order valence-electron chi connectivity index (χ3n) is 3.85. The second-order valence-electron chi connectivity index (χ2n) is 5.04. The number of nitrogens with two attached hydrogens (primary N) is 1. The number of rotatable bonds is 5. The Morgan fingerprint density at radius 3 is 2.38 bits per heavy atom. The largest absolute Gasteiger partial charge is 0.395 e. The summed E-state index contributed by atoms with van der Waals surface area (Å²) in [5, 5.41) is 9.36. The molecule has 1 saturated carbocycles. The van der Waals surface area contributed by atoms with Crippen molar-refractivity contribution in [3.05, 3.63) is 35.4 Å². The van der Waals surface area contributed by atoms with Crippen LogP contribution in [0, 0.1) is 0 Å². The smallest absolute Gasteiger partial charge is 0.0527 e. The van der Waals surface area contributed by atoms with Crippen molar-refractivity contribution in [3.8, 4) is 0 Å². The van der Waals surface area contributed by atoms with Crippen LogP contribution in [0.4, 0.5) is 0 Å². The van der Waals surface area contributed by atoms with E-state index in [0.29, 0.717) is 5.92 Å². The molecule has 16 heavy (non-hydrogen) atoms. The molecule has 0 radical (unpaired) electrons. The SMILES string of the molecule is CC(CCN)c1ccc(C2(CO)CC2)cc1. The molecule has 0 heterocycles. The van der Waals surface area contributed by atoms with Crippen LogP contribution in [0.2, 0.25) is 0 Å². The molecule has 1 fully saturated rings. The van der Waals surface area contributed by atoms with E-state index < -0.39 is 0 Å². The van der Waals surface area contributed by atoms with Gasteiger partial charge in [-0.2, -0.15) is 0 Å². The predicted octanol–water partition coefficient (Wildman–Crippen LogP) is 2.16. The first-order valence-corrected chi connectivity index (χ1v) is 6.13. The predicted molar refractivity (Wildman–Crippen MR) is 66.5 cm³/mol. The Bertz CT molecular complexity index is 340. The molecule has 2 rings (SSSR count). The van der Waals surface area contributed by atoms with Gasteiger partial charge in [-0.25, -0.2) is 0 Å². The van der Waals surface area contributed by atoms with E-state index in [1.165, 1.54) is 11.1 Å². The van der Waals surface area contributed by atoms with Gasteiger partial charge < -0.3 is 10.8 Å². The molecule has 3 N–H and O–H groups in total. The highest BCUT2D eigenvalue weighted by Gasteiger charge is 2.43. The Labute approximate surface area is 97.5 Å². The molecule has 0 aromatic heterocycles. The maximum absolute atomic E-state index is 9.36. The summed E-state index contributed by atoms with van der Waals surface area (Å²) in [4.78, 5) is 0. The van der Waals surface area contributed by atoms with Crippen molar-refractivity contribution in [3.63, 3.8) is 0 Å². The van der Waals surface area contributed by atoms with Crippen LogP contribution in [0.5, 0.6) is 0 Å². The van der Waals surface area contributed by atoms with Gasteiger partial charge in [0.2, 0.25) is 0 Å². The zero-order valence-corrected chi connectivity index (χ0v) is 9.95. The molecule has 0 spiro atoms. The summed E-state index contributed by atoms with van der Waals surface area (Å²) >= 11 is 0. The fourth-order valence-electron chi connectivity index (χ4n) is 2.27. The Morgan fingerprint density at radius 2 is 1.94 bits per heavy atom. The second-order valence-corrected chi connectivity index (χ2v) is 5.04. The van der Waals surface area contributed by atoms with Crippen LogP contribution in [-0.2, 0) is 5.41 Å². The van der Waals surface area contributed by atoms with E-state index in [9.17, 15) is 5.11 Å². The summed E-state index contributed by atoms with van der Waals surface area (Å²) in [6.07, 6.45) is 3.28. The molecule has 0 aliphatic heterocycles. The van der Waals surface area contributed by atoms with E-state index in [4.69, 9.17) is 5.73 Å². The van der Waals surface area contributed by atoms with Crippen LogP contribution in [0.15, 0.2) is 24.3 Å². The van der Waals surface area contributed by atoms with Gasteiger partial charge >= 0.3 is 0 Å². The highest BCUT2D eigenvalue weighted by atomic mass is 16.3. The van der Waals surface area contributed by atoms with Crippen LogP contribution < -0.4 is 5.73 Å². The lowest BCUT2D eigenvalue weighted by molar-refractivity contribution is 0.255. The van der Waals surface area contributed by atoms with Crippen molar-refractivity contribution >= 4 is 0 Å². The molecule has 88 valence electrons. The van der Waals surface area contributed by atoms with Crippen molar-refractivity contribution in [1.82, 2.24) is 0 Å². The summed E-state index contributed by atoms with van der Waals surface area (Å²) < 4.78 is 0. The van der Waals surface area contributed by atoms with Gasteiger partial charge in [-0.05, 0) is 42.9 Å². The highest BCUT2D eigenvalue weighted by molar-refractivity contribution is 5.34. The molecule has 1 atom stereocenters. The van der Waals surface area contributed by atoms with Gasteiger partial charge in [0, 0.05) is 5.41 Å². The quantitative estimate of drug-likeness (QED) is 0.797. The maximum atomic E-state index is 9.36. The summed E-state index contributed by atoms with van der Waals surface area (Å²) in [5.74, 6) is 0.531. The third kappa shape index (κ3) is 2.13. The first-order valence-electron chi connectivity index (χ1n) is 6.13. The van der Waals surface area contributed by atoms with Gasteiger partial charge in [0.1, 0.15) is 0 Å². The van der Waals surface area contributed by atoms with Gasteiger partial charge in [0.25, 0.3) is 0 Å². The van der Waals surface area contributed by atoms with Crippen LogP contribution in [0.25, 0.3) is 0 Å². The molecular formula is C14H21NO. The highest BCUT2D eigenvalue weighted by Crippen LogP contribution is 2.47. The fourth-order valence-corrected chi connectivity index (χ4v) is 2.27. The summed E-state index contributed by atoms with van der Waals surface area (Å²) in [6.45, 7) is 3.23. The van der Waals surface area contributed by atoms with Crippen LogP contribution in [0.3, 0.4) is 0 Å². The van der Waals surface area contributed by atoms with Gasteiger partial charge in [-0.1, -0.05) is 31.2 Å². The van der Waals surface area contributed by atoms with E-state index in [-0.39, 0.29) is 12.0 Å². The minimum Gasteiger partial charge on any atom is -0.395 e. The maximum Gasteiger partial charge on any atom is 0.0527 e. The molecular weight excluding hydrogens is 198 g/mol. The minimum atomic E-state index is 0.0929. The molecule has 0 amide bonds. The molecule has 1 unspecified atom stereocenters. The van der Waals surface area contributed by atoms with E-state index in [0.717, 1.165) is 25.8 Å². The number of aliphatic hydroxyl groups is 1.